The minimum Gasteiger partial charge on any atom is -0.394 e. The number of allylic oxidation sites excluding steroid dienone is 9. The summed E-state index contributed by atoms with van der Waals surface area (Å²) in [6.45, 7) is 1.57. The normalized spacial score (nSPS) is 29.4. The highest BCUT2D eigenvalue weighted by Crippen LogP contribution is 2.33. The molecule has 17 unspecified atom stereocenters. The molecule has 19 heteroatoms. The third kappa shape index (κ3) is 31.2. The maximum atomic E-state index is 13.3. The zero-order valence-electron chi connectivity index (χ0n) is 51.8. The van der Waals surface area contributed by atoms with E-state index in [0.717, 1.165) is 70.6 Å². The van der Waals surface area contributed by atoms with Gasteiger partial charge >= 0.3 is 0 Å². The predicted octanol–water partition coefficient (Wildman–Crippen LogP) is 7.60. The highest BCUT2D eigenvalue weighted by Gasteiger charge is 2.53. The number of unbranched alkanes of at least 4 members (excludes halogenated alkanes) is 25. The topological polar surface area (TPSA) is 307 Å². The Bertz CT molecular complexity index is 1780. The van der Waals surface area contributed by atoms with Gasteiger partial charge in [0.2, 0.25) is 5.91 Å². The first-order valence-electron chi connectivity index (χ1n) is 33.0. The van der Waals surface area contributed by atoms with E-state index in [-0.39, 0.29) is 18.9 Å². The van der Waals surface area contributed by atoms with Gasteiger partial charge in [-0.3, -0.25) is 4.79 Å². The maximum Gasteiger partial charge on any atom is 0.220 e. The second-order valence-corrected chi connectivity index (χ2v) is 23.6. The first kappa shape index (κ1) is 76.7. The zero-order chi connectivity index (χ0) is 61.9. The molecular weight excluding hydrogens is 1090 g/mol. The number of nitrogens with one attached hydrogen (secondary N) is 1. The van der Waals surface area contributed by atoms with Crippen molar-refractivity contribution in [3.8, 4) is 0 Å². The van der Waals surface area contributed by atoms with Crippen LogP contribution in [0.25, 0.3) is 0 Å². The molecule has 19 nitrogen and oxygen atoms in total. The molecule has 3 rings (SSSR count). The summed E-state index contributed by atoms with van der Waals surface area (Å²) in [4.78, 5) is 13.3. The van der Waals surface area contributed by atoms with E-state index < -0.39 is 124 Å². The third-order valence-corrected chi connectivity index (χ3v) is 16.3. The van der Waals surface area contributed by atoms with Crippen LogP contribution in [-0.2, 0) is 33.2 Å². The number of carbonyl (C=O) groups is 1. The number of carbonyl (C=O) groups excluding carboxylic acids is 1. The molecule has 85 heavy (non-hydrogen) atoms. The van der Waals surface area contributed by atoms with Crippen molar-refractivity contribution in [2.75, 3.05) is 26.4 Å². The van der Waals surface area contributed by atoms with Crippen LogP contribution in [-0.4, -0.2) is 193 Å². The summed E-state index contributed by atoms with van der Waals surface area (Å²) < 4.78 is 34.2. The second-order valence-electron chi connectivity index (χ2n) is 23.6. The van der Waals surface area contributed by atoms with Crippen molar-refractivity contribution in [1.82, 2.24) is 5.32 Å². The van der Waals surface area contributed by atoms with E-state index >= 15 is 0 Å². The van der Waals surface area contributed by atoms with Gasteiger partial charge in [0.25, 0.3) is 0 Å². The summed E-state index contributed by atoms with van der Waals surface area (Å²) in [5, 5.41) is 120. The summed E-state index contributed by atoms with van der Waals surface area (Å²) >= 11 is 0. The van der Waals surface area contributed by atoms with E-state index in [0.29, 0.717) is 6.42 Å². The van der Waals surface area contributed by atoms with Gasteiger partial charge in [-0.1, -0.05) is 216 Å². The molecule has 1 amide bonds. The fourth-order valence-corrected chi connectivity index (χ4v) is 10.9. The van der Waals surface area contributed by atoms with Crippen LogP contribution < -0.4 is 5.32 Å². The molecule has 0 aromatic rings. The van der Waals surface area contributed by atoms with Gasteiger partial charge in [-0.15, -0.1) is 0 Å². The molecule has 494 valence electrons. The number of hydrogen-bond donors (Lipinski definition) is 12. The molecule has 12 N–H and O–H groups in total. The molecule has 0 aliphatic carbocycles. The Morgan fingerprint density at radius 2 is 0.812 bits per heavy atom. The van der Waals surface area contributed by atoms with Gasteiger partial charge in [-0.05, 0) is 57.8 Å². The Kier molecular flexibility index (Phi) is 43.7. The molecule has 17 atom stereocenters. The number of aliphatic hydroxyl groups excluding tert-OH is 11. The molecule has 3 aliphatic rings. The molecule has 0 radical (unpaired) electrons. The standard InChI is InChI=1S/C66H117NO18/c1-3-5-7-9-11-13-14-15-16-17-18-19-20-21-22-23-24-25-26-27-28-29-30-31-32-33-34-36-38-40-42-44-54(72)67-49(50(71)43-41-39-37-35-12-10-8-6-4-2)48-80-64-60(78)57(75)62(52(46-69)82-64)85-66-61(79)58(76)63(53(47-70)83-66)84-65-59(77)56(74)55(73)51(45-68)81-65/h5,7,11,13,15-16,18-19,41,43,49-53,55-66,68-71,73-79H,3-4,6,8-10,12,14,17,20-40,42,44-48H2,1-2H3,(H,67,72)/b7-5-,13-11-,16-15-,19-18-,43-41+. The van der Waals surface area contributed by atoms with Gasteiger partial charge in [0.1, 0.15) is 73.2 Å². The molecule has 0 aromatic carbocycles. The zero-order valence-corrected chi connectivity index (χ0v) is 51.8. The van der Waals surface area contributed by atoms with Crippen LogP contribution in [0.3, 0.4) is 0 Å². The summed E-state index contributed by atoms with van der Waals surface area (Å²) in [5.41, 5.74) is 0. The second kappa shape index (κ2) is 48.4. The van der Waals surface area contributed by atoms with Gasteiger partial charge in [0, 0.05) is 6.42 Å². The van der Waals surface area contributed by atoms with Crippen LogP contribution in [0, 0.1) is 0 Å². The summed E-state index contributed by atoms with van der Waals surface area (Å²) in [5.74, 6) is -0.278. The quantitative estimate of drug-likeness (QED) is 0.0206. The molecular formula is C66H117NO18. The monoisotopic (exact) mass is 1210 g/mol. The first-order valence-corrected chi connectivity index (χ1v) is 33.0. The third-order valence-electron chi connectivity index (χ3n) is 16.3. The largest absolute Gasteiger partial charge is 0.394 e. The lowest BCUT2D eigenvalue weighted by Crippen LogP contribution is -2.66. The fraction of sp³-hybridized carbons (Fsp3) is 0.833. The number of hydrogen-bond acceptors (Lipinski definition) is 18. The lowest BCUT2D eigenvalue weighted by Gasteiger charge is -2.48. The molecule has 0 bridgehead atoms. The molecule has 0 saturated carbocycles. The molecule has 3 fully saturated rings. The lowest BCUT2D eigenvalue weighted by atomic mass is 9.96. The number of rotatable bonds is 49. The highest BCUT2D eigenvalue weighted by molar-refractivity contribution is 5.76. The van der Waals surface area contributed by atoms with Crippen LogP contribution in [0.1, 0.15) is 219 Å². The number of aliphatic hydroxyl groups is 11. The Labute approximate surface area is 509 Å². The highest BCUT2D eigenvalue weighted by atomic mass is 16.8. The van der Waals surface area contributed by atoms with Gasteiger partial charge in [0.05, 0.1) is 38.6 Å². The Balaban J connectivity index is 1.35. The van der Waals surface area contributed by atoms with Crippen LogP contribution in [0.2, 0.25) is 0 Å². The van der Waals surface area contributed by atoms with Crippen molar-refractivity contribution in [3.05, 3.63) is 60.8 Å². The SMILES string of the molecule is CC/C=C\C/C=C\C/C=C\C/C=C\CCCCCCCCCCCCCCCCCCCCC(=O)NC(COC1OC(CO)C(OC2OC(CO)C(OC3OC(CO)C(O)C(O)C3O)C(O)C2O)C(O)C1O)C(O)/C=C/CCCCCCCCC. The molecule has 3 heterocycles. The number of ether oxygens (including phenoxy) is 6. The number of amides is 1. The average molecular weight is 1210 g/mol. The minimum absolute atomic E-state index is 0.243. The smallest absolute Gasteiger partial charge is 0.220 e. The lowest BCUT2D eigenvalue weighted by molar-refractivity contribution is -0.379. The van der Waals surface area contributed by atoms with Crippen LogP contribution in [0.15, 0.2) is 60.8 Å². The van der Waals surface area contributed by atoms with Gasteiger partial charge < -0.3 is 89.9 Å². The van der Waals surface area contributed by atoms with Crippen molar-refractivity contribution >= 4 is 5.91 Å². The maximum absolute atomic E-state index is 13.3. The first-order chi connectivity index (χ1) is 41.3. The van der Waals surface area contributed by atoms with Gasteiger partial charge in [-0.2, -0.15) is 0 Å². The van der Waals surface area contributed by atoms with Crippen molar-refractivity contribution in [2.45, 2.75) is 324 Å². The van der Waals surface area contributed by atoms with E-state index in [1.807, 2.05) is 6.08 Å². The van der Waals surface area contributed by atoms with E-state index in [4.69, 9.17) is 28.4 Å². The molecule has 0 spiro atoms. The van der Waals surface area contributed by atoms with E-state index in [1.54, 1.807) is 6.08 Å². The van der Waals surface area contributed by atoms with Crippen molar-refractivity contribution in [2.24, 2.45) is 0 Å². The van der Waals surface area contributed by atoms with Gasteiger partial charge in [-0.25, -0.2) is 0 Å². The molecule has 3 aliphatic heterocycles. The van der Waals surface area contributed by atoms with Gasteiger partial charge in [0.15, 0.2) is 18.9 Å². The van der Waals surface area contributed by atoms with E-state index in [2.05, 4.69) is 67.8 Å². The summed E-state index contributed by atoms with van der Waals surface area (Å²) in [6, 6.07) is -0.971. The van der Waals surface area contributed by atoms with Crippen LogP contribution >= 0.6 is 0 Å². The summed E-state index contributed by atoms with van der Waals surface area (Å²) in [6.07, 6.45) is 31.0. The van der Waals surface area contributed by atoms with Crippen molar-refractivity contribution in [3.63, 3.8) is 0 Å². The minimum atomic E-state index is -1.98. The summed E-state index contributed by atoms with van der Waals surface area (Å²) in [7, 11) is 0. The van der Waals surface area contributed by atoms with Crippen molar-refractivity contribution < 1.29 is 89.4 Å². The Morgan fingerprint density at radius 3 is 1.27 bits per heavy atom. The fourth-order valence-electron chi connectivity index (χ4n) is 10.9. The molecule has 0 aromatic heterocycles. The van der Waals surface area contributed by atoms with Crippen LogP contribution in [0.4, 0.5) is 0 Å². The Hall–Kier alpha value is -2.51. The van der Waals surface area contributed by atoms with Crippen molar-refractivity contribution in [1.29, 1.82) is 0 Å². The average Bonchev–Trinajstić information content (AvgIpc) is 2.29. The molecule has 3 saturated heterocycles. The Morgan fingerprint density at radius 1 is 0.435 bits per heavy atom. The van der Waals surface area contributed by atoms with E-state index in [9.17, 15) is 61.0 Å². The predicted molar refractivity (Wildman–Crippen MR) is 328 cm³/mol. The van der Waals surface area contributed by atoms with E-state index in [1.165, 1.54) is 122 Å². The van der Waals surface area contributed by atoms with Crippen LogP contribution in [0.5, 0.6) is 0 Å².